The van der Waals surface area contributed by atoms with E-state index in [2.05, 4.69) is 5.32 Å². The molecule has 7 nitrogen and oxygen atoms in total. The normalized spacial score (nSPS) is 10.7. The Hall–Kier alpha value is -2.74. The van der Waals surface area contributed by atoms with Gasteiger partial charge in [-0.2, -0.15) is 0 Å². The average molecular weight is 415 g/mol. The number of hydrogen-bond acceptors (Lipinski definition) is 5. The van der Waals surface area contributed by atoms with Crippen LogP contribution in [0.4, 0.5) is 0 Å². The molecule has 0 bridgehead atoms. The summed E-state index contributed by atoms with van der Waals surface area (Å²) in [6, 6.07) is 19.6. The summed E-state index contributed by atoms with van der Waals surface area (Å²) in [6.07, 6.45) is -0.0926. The maximum absolute atomic E-state index is 12.4. The molecule has 0 atom stereocenters. The van der Waals surface area contributed by atoms with Crippen LogP contribution in [0.1, 0.15) is 17.5 Å². The molecule has 0 heterocycles. The van der Waals surface area contributed by atoms with Crippen molar-refractivity contribution in [1.29, 1.82) is 0 Å². The first-order chi connectivity index (χ1) is 14.6. The first-order valence-electron chi connectivity index (χ1n) is 10.1. The number of nitrogens with zero attached hydrogens (tertiary/aromatic N) is 1. The predicted octanol–water partition coefficient (Wildman–Crippen LogP) is 2.31. The number of carboxylic acid groups (broad SMARTS) is 1. The smallest absolute Gasteiger partial charge is 0.305 e. The van der Waals surface area contributed by atoms with E-state index in [0.29, 0.717) is 39.5 Å². The summed E-state index contributed by atoms with van der Waals surface area (Å²) in [5.41, 5.74) is 2.15. The molecule has 0 aliphatic rings. The number of rotatable bonds is 15. The number of benzene rings is 2. The lowest BCUT2D eigenvalue weighted by atomic mass is 10.2. The van der Waals surface area contributed by atoms with Crippen molar-refractivity contribution in [3.05, 3.63) is 71.8 Å². The van der Waals surface area contributed by atoms with Gasteiger partial charge in [0, 0.05) is 19.6 Å². The molecule has 2 N–H and O–H groups in total. The molecule has 1 amide bonds. The second kappa shape index (κ2) is 14.3. The Morgan fingerprint density at radius 1 is 0.833 bits per heavy atom. The van der Waals surface area contributed by atoms with E-state index in [1.54, 1.807) is 0 Å². The van der Waals surface area contributed by atoms with E-state index < -0.39 is 5.97 Å². The molecule has 2 aromatic carbocycles. The molecular weight excluding hydrogens is 384 g/mol. The molecule has 2 rings (SSSR count). The highest BCUT2D eigenvalue weighted by molar-refractivity contribution is 5.79. The van der Waals surface area contributed by atoms with Crippen molar-refractivity contribution >= 4 is 11.9 Å². The molecule has 2 aromatic rings. The number of aliphatic carboxylic acids is 1. The monoisotopic (exact) mass is 414 g/mol. The predicted molar refractivity (Wildman–Crippen MR) is 114 cm³/mol. The van der Waals surface area contributed by atoms with Crippen molar-refractivity contribution in [2.24, 2.45) is 0 Å². The fraction of sp³-hybridized carbons (Fsp3) is 0.391. The lowest BCUT2D eigenvalue weighted by molar-refractivity contribution is -0.138. The van der Waals surface area contributed by atoms with Crippen molar-refractivity contribution in [2.45, 2.75) is 19.6 Å². The molecule has 0 unspecified atom stereocenters. The van der Waals surface area contributed by atoms with Crippen LogP contribution in [-0.2, 0) is 32.3 Å². The third-order valence-corrected chi connectivity index (χ3v) is 4.38. The minimum Gasteiger partial charge on any atom is -0.481 e. The Morgan fingerprint density at radius 3 is 1.97 bits per heavy atom. The van der Waals surface area contributed by atoms with E-state index in [4.69, 9.17) is 14.6 Å². The van der Waals surface area contributed by atoms with Crippen molar-refractivity contribution in [3.63, 3.8) is 0 Å². The van der Waals surface area contributed by atoms with Crippen LogP contribution in [0.5, 0.6) is 0 Å². The standard InChI is InChI=1S/C23H30N2O5/c26-22(17-24-12-15-29-18-20-7-3-1-4-8-20)25(13-11-23(27)28)14-16-30-19-21-9-5-2-6-10-21/h1-10,24H,11-19H2,(H,27,28). The molecule has 0 fully saturated rings. The van der Waals surface area contributed by atoms with Gasteiger partial charge < -0.3 is 24.8 Å². The third-order valence-electron chi connectivity index (χ3n) is 4.38. The van der Waals surface area contributed by atoms with Gasteiger partial charge >= 0.3 is 5.97 Å². The summed E-state index contributed by atoms with van der Waals surface area (Å²) in [5, 5.41) is 12.0. The fourth-order valence-corrected chi connectivity index (χ4v) is 2.75. The third kappa shape index (κ3) is 10.2. The number of nitrogens with one attached hydrogen (secondary N) is 1. The van der Waals surface area contributed by atoms with E-state index in [9.17, 15) is 9.59 Å². The summed E-state index contributed by atoms with van der Waals surface area (Å²) in [5.74, 6) is -1.08. The average Bonchev–Trinajstić information content (AvgIpc) is 2.76. The van der Waals surface area contributed by atoms with Gasteiger partial charge in [-0.05, 0) is 11.1 Å². The van der Waals surface area contributed by atoms with Gasteiger partial charge in [0.15, 0.2) is 0 Å². The summed E-state index contributed by atoms with van der Waals surface area (Å²) in [6.45, 7) is 3.00. The highest BCUT2D eigenvalue weighted by Gasteiger charge is 2.14. The maximum Gasteiger partial charge on any atom is 0.305 e. The second-order valence-electron chi connectivity index (χ2n) is 6.78. The van der Waals surface area contributed by atoms with Crippen LogP contribution in [0.25, 0.3) is 0 Å². The highest BCUT2D eigenvalue weighted by Crippen LogP contribution is 2.02. The number of carbonyl (C=O) groups is 2. The number of amides is 1. The maximum atomic E-state index is 12.4. The molecule has 0 radical (unpaired) electrons. The summed E-state index contributed by atoms with van der Waals surface area (Å²) >= 11 is 0. The molecule has 0 aromatic heterocycles. The van der Waals surface area contributed by atoms with Crippen molar-refractivity contribution < 1.29 is 24.2 Å². The van der Waals surface area contributed by atoms with Crippen LogP contribution in [-0.4, -0.2) is 61.3 Å². The Morgan fingerprint density at radius 2 is 1.40 bits per heavy atom. The van der Waals surface area contributed by atoms with Gasteiger partial charge in [0.1, 0.15) is 0 Å². The number of carboxylic acids is 1. The fourth-order valence-electron chi connectivity index (χ4n) is 2.75. The van der Waals surface area contributed by atoms with Crippen molar-refractivity contribution in [1.82, 2.24) is 10.2 Å². The van der Waals surface area contributed by atoms with E-state index in [1.165, 1.54) is 4.90 Å². The van der Waals surface area contributed by atoms with Crippen LogP contribution >= 0.6 is 0 Å². The zero-order valence-electron chi connectivity index (χ0n) is 17.2. The molecule has 0 saturated carbocycles. The van der Waals surface area contributed by atoms with Crippen LogP contribution in [0.3, 0.4) is 0 Å². The van der Waals surface area contributed by atoms with Gasteiger partial charge in [-0.3, -0.25) is 9.59 Å². The van der Waals surface area contributed by atoms with Crippen LogP contribution in [0.2, 0.25) is 0 Å². The van der Waals surface area contributed by atoms with Gasteiger partial charge in [-0.15, -0.1) is 0 Å². The minimum atomic E-state index is -0.930. The Bertz CT molecular complexity index is 740. The second-order valence-corrected chi connectivity index (χ2v) is 6.78. The molecule has 0 spiro atoms. The molecular formula is C23H30N2O5. The SMILES string of the molecule is O=C(O)CCN(CCOCc1ccccc1)C(=O)CNCCOCc1ccccc1. The summed E-state index contributed by atoms with van der Waals surface area (Å²) < 4.78 is 11.2. The first-order valence-corrected chi connectivity index (χ1v) is 10.1. The summed E-state index contributed by atoms with van der Waals surface area (Å²) in [4.78, 5) is 24.9. The zero-order chi connectivity index (χ0) is 21.4. The van der Waals surface area contributed by atoms with Gasteiger partial charge in [0.25, 0.3) is 0 Å². The van der Waals surface area contributed by atoms with Crippen molar-refractivity contribution in [2.75, 3.05) is 39.4 Å². The topological polar surface area (TPSA) is 88.1 Å². The number of carbonyl (C=O) groups excluding carboxylic acids is 1. The van der Waals surface area contributed by atoms with Crippen molar-refractivity contribution in [3.8, 4) is 0 Å². The number of hydrogen-bond donors (Lipinski definition) is 2. The summed E-state index contributed by atoms with van der Waals surface area (Å²) in [7, 11) is 0. The lowest BCUT2D eigenvalue weighted by Crippen LogP contribution is -2.41. The quantitative estimate of drug-likeness (QED) is 0.435. The Kier molecular flexibility index (Phi) is 11.2. The lowest BCUT2D eigenvalue weighted by Gasteiger charge is -2.22. The largest absolute Gasteiger partial charge is 0.481 e. The van der Waals surface area contributed by atoms with Gasteiger partial charge in [0.05, 0.1) is 39.4 Å². The van der Waals surface area contributed by atoms with Crippen LogP contribution in [0.15, 0.2) is 60.7 Å². The van der Waals surface area contributed by atoms with Crippen LogP contribution in [0, 0.1) is 0 Å². The minimum absolute atomic E-state index is 0.0926. The van der Waals surface area contributed by atoms with E-state index >= 15 is 0 Å². The van der Waals surface area contributed by atoms with E-state index in [0.717, 1.165) is 11.1 Å². The molecule has 0 saturated heterocycles. The Labute approximate surface area is 177 Å². The van der Waals surface area contributed by atoms with Gasteiger partial charge in [-0.1, -0.05) is 60.7 Å². The van der Waals surface area contributed by atoms with Gasteiger partial charge in [0.2, 0.25) is 5.91 Å². The van der Waals surface area contributed by atoms with E-state index in [-0.39, 0.29) is 25.4 Å². The highest BCUT2D eigenvalue weighted by atomic mass is 16.5. The molecule has 30 heavy (non-hydrogen) atoms. The Balaban J connectivity index is 1.63. The van der Waals surface area contributed by atoms with Gasteiger partial charge in [-0.25, -0.2) is 0 Å². The molecule has 7 heteroatoms. The molecule has 162 valence electrons. The molecule has 0 aliphatic heterocycles. The molecule has 0 aliphatic carbocycles. The van der Waals surface area contributed by atoms with E-state index in [1.807, 2.05) is 60.7 Å². The zero-order valence-corrected chi connectivity index (χ0v) is 17.2. The van der Waals surface area contributed by atoms with Crippen LogP contribution < -0.4 is 5.32 Å². The number of ether oxygens (including phenoxy) is 2. The first kappa shape index (κ1) is 23.5.